The fraction of sp³-hybridized carbons (Fsp3) is 0.370. The molecule has 4 aliphatic rings. The molecule has 178 valence electrons. The molecule has 2 saturated carbocycles. The van der Waals surface area contributed by atoms with Gasteiger partial charge in [-0.2, -0.15) is 0 Å². The van der Waals surface area contributed by atoms with Gasteiger partial charge in [-0.3, -0.25) is 19.3 Å². The molecule has 2 amide bonds. The van der Waals surface area contributed by atoms with Crippen molar-refractivity contribution in [2.75, 3.05) is 12.0 Å². The Kier molecular flexibility index (Phi) is 4.64. The topological polar surface area (TPSA) is 79.5 Å². The fourth-order valence-corrected chi connectivity index (χ4v) is 10.1. The number of thiazole rings is 1. The molecular formula is C27H24N2O4S2. The van der Waals surface area contributed by atoms with Gasteiger partial charge in [-0.1, -0.05) is 47.2 Å². The van der Waals surface area contributed by atoms with Crippen molar-refractivity contribution in [3.63, 3.8) is 0 Å². The summed E-state index contributed by atoms with van der Waals surface area (Å²) in [6, 6.07) is 15.6. The number of fused-ring (bicyclic) bond motifs is 9. The number of amides is 2. The fourth-order valence-electron chi connectivity index (χ4n) is 7.24. The molecule has 2 aliphatic carbocycles. The highest BCUT2D eigenvalue weighted by molar-refractivity contribution is 8.00. The van der Waals surface area contributed by atoms with Gasteiger partial charge in [-0.25, -0.2) is 0 Å². The lowest BCUT2D eigenvalue weighted by Crippen LogP contribution is -2.42. The van der Waals surface area contributed by atoms with E-state index in [0.29, 0.717) is 5.69 Å². The highest BCUT2D eigenvalue weighted by atomic mass is 32.2. The highest BCUT2D eigenvalue weighted by Crippen LogP contribution is 2.69. The minimum absolute atomic E-state index is 0.0383. The second kappa shape index (κ2) is 7.58. The maximum atomic E-state index is 13.8. The normalized spacial score (nSPS) is 32.5. The number of aromatic nitrogens is 1. The molecule has 1 N–H and O–H groups in total. The van der Waals surface area contributed by atoms with Gasteiger partial charge in [0.05, 0.1) is 29.7 Å². The van der Waals surface area contributed by atoms with E-state index in [0.717, 1.165) is 33.2 Å². The summed E-state index contributed by atoms with van der Waals surface area (Å²) in [5.41, 5.74) is 2.81. The second-order valence-corrected chi connectivity index (χ2v) is 12.3. The molecule has 2 aliphatic heterocycles. The van der Waals surface area contributed by atoms with Gasteiger partial charge in [-0.05, 0) is 49.3 Å². The summed E-state index contributed by atoms with van der Waals surface area (Å²) in [7, 11) is 1.67. The zero-order valence-electron chi connectivity index (χ0n) is 19.3. The molecule has 1 aromatic heterocycles. The average Bonchev–Trinajstić information content (AvgIpc) is 3.59. The van der Waals surface area contributed by atoms with Crippen LogP contribution in [0.2, 0.25) is 0 Å². The van der Waals surface area contributed by atoms with E-state index in [4.69, 9.17) is 4.74 Å². The molecule has 6 nitrogen and oxygen atoms in total. The summed E-state index contributed by atoms with van der Waals surface area (Å²) < 4.78 is 5.74. The first-order chi connectivity index (χ1) is 17.0. The highest BCUT2D eigenvalue weighted by Gasteiger charge is 2.69. The molecular weight excluding hydrogens is 480 g/mol. The smallest absolute Gasteiger partial charge is 0.305 e. The van der Waals surface area contributed by atoms with E-state index < -0.39 is 0 Å². The number of nitrogens with zero attached hydrogens (tertiary/aromatic N) is 1. The monoisotopic (exact) mass is 504 g/mol. The Labute approximate surface area is 210 Å². The van der Waals surface area contributed by atoms with Crippen molar-refractivity contribution < 1.29 is 14.3 Å². The largest absolute Gasteiger partial charge is 0.496 e. The van der Waals surface area contributed by atoms with Crippen LogP contribution in [0.3, 0.4) is 0 Å². The van der Waals surface area contributed by atoms with Gasteiger partial charge in [-0.15, -0.1) is 11.8 Å². The van der Waals surface area contributed by atoms with Gasteiger partial charge in [0, 0.05) is 21.6 Å². The van der Waals surface area contributed by atoms with Crippen LogP contribution in [0.25, 0.3) is 0 Å². The van der Waals surface area contributed by atoms with Crippen molar-refractivity contribution in [1.29, 1.82) is 0 Å². The first-order valence-electron chi connectivity index (χ1n) is 11.9. The van der Waals surface area contributed by atoms with Gasteiger partial charge < -0.3 is 9.72 Å². The second-order valence-electron chi connectivity index (χ2n) is 10.0. The molecule has 3 heterocycles. The zero-order chi connectivity index (χ0) is 24.0. The van der Waals surface area contributed by atoms with Gasteiger partial charge in [0.2, 0.25) is 11.8 Å². The van der Waals surface area contributed by atoms with Crippen LogP contribution in [0, 0.1) is 36.5 Å². The van der Waals surface area contributed by atoms with E-state index >= 15 is 0 Å². The molecule has 8 heteroatoms. The van der Waals surface area contributed by atoms with E-state index in [2.05, 4.69) is 11.1 Å². The number of para-hydroxylation sites is 1. The summed E-state index contributed by atoms with van der Waals surface area (Å²) in [6.07, 6.45) is 0.877. The predicted octanol–water partition coefficient (Wildman–Crippen LogP) is 4.43. The van der Waals surface area contributed by atoms with Crippen LogP contribution in [-0.2, 0) is 9.59 Å². The summed E-state index contributed by atoms with van der Waals surface area (Å²) >= 11 is 2.97. The first-order valence-corrected chi connectivity index (χ1v) is 13.6. The van der Waals surface area contributed by atoms with Gasteiger partial charge in [0.25, 0.3) is 0 Å². The van der Waals surface area contributed by atoms with E-state index in [1.165, 1.54) is 16.2 Å². The Bertz CT molecular complexity index is 1430. The third kappa shape index (κ3) is 2.87. The van der Waals surface area contributed by atoms with E-state index in [1.807, 2.05) is 49.4 Å². The van der Waals surface area contributed by atoms with Crippen LogP contribution < -0.4 is 14.5 Å². The molecule has 35 heavy (non-hydrogen) atoms. The summed E-state index contributed by atoms with van der Waals surface area (Å²) in [4.78, 5) is 45.3. The molecule has 3 aromatic rings. The third-order valence-electron chi connectivity index (χ3n) is 8.49. The minimum Gasteiger partial charge on any atom is -0.496 e. The molecule has 3 fully saturated rings. The number of hydrogen-bond donors (Lipinski definition) is 1. The van der Waals surface area contributed by atoms with Crippen LogP contribution in [0.15, 0.2) is 58.4 Å². The number of nitrogens with one attached hydrogen (secondary N) is 1. The number of thioether (sulfide) groups is 1. The lowest BCUT2D eigenvalue weighted by Gasteiger charge is -2.43. The molecule has 2 aromatic carbocycles. The Morgan fingerprint density at radius 2 is 1.69 bits per heavy atom. The maximum absolute atomic E-state index is 13.8. The SMILES string of the molecule is COc1ccccc1[C@H]1c2sc(=O)[nH]c2S[C@@H]2[C@H]3C[C@@H]([C@@H]4C(=O)N(c5ccc(C)cc5)C(=O)[C@H]34)[C@@H]12. The van der Waals surface area contributed by atoms with Crippen LogP contribution in [0.4, 0.5) is 5.69 Å². The maximum Gasteiger partial charge on any atom is 0.305 e. The standard InChI is InChI=1S/C27H24N2O4S2/c1-12-7-9-13(10-8-12)29-25(30)20-15-11-16(21(20)26(29)31)22-19(15)18(14-5-3-4-6-17(14)33-2)23-24(34-22)28-27(32)35-23/h3-10,15-16,18-22H,11H2,1-2H3,(H,28,32)/t15-,16+,18-,19+,20+,21-,22-/m1/s1. The van der Waals surface area contributed by atoms with Crippen LogP contribution in [0.5, 0.6) is 5.75 Å². The number of methoxy groups -OCH3 is 1. The molecule has 0 spiro atoms. The quantitative estimate of drug-likeness (QED) is 0.534. The van der Waals surface area contributed by atoms with Crippen molar-refractivity contribution >= 4 is 40.6 Å². The van der Waals surface area contributed by atoms with E-state index in [1.54, 1.807) is 18.9 Å². The number of rotatable bonds is 3. The Morgan fingerprint density at radius 1 is 0.971 bits per heavy atom. The summed E-state index contributed by atoms with van der Waals surface area (Å²) in [6.45, 7) is 2.00. The first kappa shape index (κ1) is 21.4. The number of benzene rings is 2. The Morgan fingerprint density at radius 3 is 2.43 bits per heavy atom. The number of ether oxygens (including phenoxy) is 1. The number of carbonyl (C=O) groups excluding carboxylic acids is 2. The molecule has 7 rings (SSSR count). The lowest BCUT2D eigenvalue weighted by atomic mass is 9.68. The van der Waals surface area contributed by atoms with Crippen molar-refractivity contribution in [2.24, 2.45) is 29.6 Å². The van der Waals surface area contributed by atoms with Crippen LogP contribution in [0.1, 0.15) is 28.3 Å². The third-order valence-corrected chi connectivity index (χ3v) is 11.1. The summed E-state index contributed by atoms with van der Waals surface area (Å²) in [5.74, 6) is 0.415. The summed E-state index contributed by atoms with van der Waals surface area (Å²) in [5, 5.41) is 1.08. The van der Waals surface area contributed by atoms with Crippen LogP contribution >= 0.6 is 23.1 Å². The van der Waals surface area contributed by atoms with Crippen molar-refractivity contribution in [2.45, 2.75) is 29.5 Å². The van der Waals surface area contributed by atoms with Gasteiger partial charge in [0.1, 0.15) is 5.75 Å². The van der Waals surface area contributed by atoms with Crippen LogP contribution in [-0.4, -0.2) is 29.2 Å². The van der Waals surface area contributed by atoms with Gasteiger partial charge in [0.15, 0.2) is 0 Å². The number of H-pyrrole nitrogens is 1. The number of aromatic amines is 1. The number of imide groups is 1. The van der Waals surface area contributed by atoms with E-state index in [9.17, 15) is 14.4 Å². The average molecular weight is 505 g/mol. The molecule has 1 saturated heterocycles. The van der Waals surface area contributed by atoms with E-state index in [-0.39, 0.29) is 57.4 Å². The lowest BCUT2D eigenvalue weighted by molar-refractivity contribution is -0.123. The van der Waals surface area contributed by atoms with Crippen molar-refractivity contribution in [3.8, 4) is 5.75 Å². The molecule has 2 bridgehead atoms. The zero-order valence-corrected chi connectivity index (χ0v) is 20.9. The number of carbonyl (C=O) groups is 2. The number of aryl methyl sites for hydroxylation is 1. The molecule has 0 unspecified atom stereocenters. The Balaban J connectivity index is 1.34. The molecule has 0 radical (unpaired) electrons. The van der Waals surface area contributed by atoms with Crippen molar-refractivity contribution in [3.05, 3.63) is 74.2 Å². The minimum atomic E-state index is -0.301. The Hall–Kier alpha value is -2.84. The number of hydrogen-bond acceptors (Lipinski definition) is 6. The number of anilines is 1. The van der Waals surface area contributed by atoms with Gasteiger partial charge >= 0.3 is 4.87 Å². The van der Waals surface area contributed by atoms with Crippen molar-refractivity contribution in [1.82, 2.24) is 4.98 Å². The molecule has 7 atom stereocenters. The predicted molar refractivity (Wildman–Crippen MR) is 135 cm³/mol.